The molecule has 27 heavy (non-hydrogen) atoms. The molecule has 0 unspecified atom stereocenters. The number of aromatic nitrogens is 1. The van der Waals surface area contributed by atoms with E-state index in [1.807, 2.05) is 13.8 Å². The second-order valence-electron chi connectivity index (χ2n) is 8.37. The van der Waals surface area contributed by atoms with Gasteiger partial charge in [-0.1, -0.05) is 19.0 Å². The topological polar surface area (TPSA) is 108 Å². The Bertz CT molecular complexity index is 636. The summed E-state index contributed by atoms with van der Waals surface area (Å²) in [6.45, 7) is 8.75. The smallest absolute Gasteiger partial charge is 0.282 e. The highest BCUT2D eigenvalue weighted by molar-refractivity contribution is 7.94. The molecule has 0 radical (unpaired) electrons. The molecule has 154 valence electrons. The van der Waals surface area contributed by atoms with Gasteiger partial charge < -0.3 is 18.9 Å². The molecule has 2 rings (SSSR count). The van der Waals surface area contributed by atoms with Crippen molar-refractivity contribution in [1.82, 2.24) is 5.16 Å². The van der Waals surface area contributed by atoms with Crippen molar-refractivity contribution in [1.29, 1.82) is 0 Å². The first-order chi connectivity index (χ1) is 12.5. The summed E-state index contributed by atoms with van der Waals surface area (Å²) in [7, 11) is 1.70. The van der Waals surface area contributed by atoms with E-state index >= 15 is 0 Å². The summed E-state index contributed by atoms with van der Waals surface area (Å²) in [6.07, 6.45) is 2.90. The number of methoxy groups -OCH3 is 1. The van der Waals surface area contributed by atoms with E-state index in [4.69, 9.17) is 9.26 Å². The number of amides is 1. The van der Waals surface area contributed by atoms with Gasteiger partial charge >= 0.3 is 0 Å². The van der Waals surface area contributed by atoms with E-state index in [9.17, 15) is 14.5 Å². The first-order valence-electron chi connectivity index (χ1n) is 9.40. The quantitative estimate of drug-likeness (QED) is 0.682. The lowest BCUT2D eigenvalue weighted by Crippen LogP contribution is -2.49. The maximum absolute atomic E-state index is 13.0. The van der Waals surface area contributed by atoms with E-state index in [0.29, 0.717) is 5.69 Å². The number of rotatable bonds is 7. The Hall–Kier alpha value is -1.09. The molecule has 1 heterocycles. The third-order valence-corrected chi connectivity index (χ3v) is 8.03. The summed E-state index contributed by atoms with van der Waals surface area (Å²) in [5, 5.41) is 16.5. The van der Waals surface area contributed by atoms with Crippen LogP contribution in [0.3, 0.4) is 0 Å². The predicted octanol–water partition coefficient (Wildman–Crippen LogP) is 2.76. The SMILES string of the molecule is CO[C@H]1CC[C@H]([S@@+]([O-])C(C)(C)C(=O)Nc2cc(C(C)(C)[C@H](C)O)no2)CC1. The zero-order valence-corrected chi connectivity index (χ0v) is 17.9. The number of nitrogens with one attached hydrogen (secondary N) is 1. The molecule has 0 spiro atoms. The van der Waals surface area contributed by atoms with E-state index in [0.717, 1.165) is 25.7 Å². The lowest BCUT2D eigenvalue weighted by molar-refractivity contribution is -0.118. The van der Waals surface area contributed by atoms with Crippen LogP contribution >= 0.6 is 0 Å². The van der Waals surface area contributed by atoms with Crippen molar-refractivity contribution in [3.05, 3.63) is 11.8 Å². The predicted molar refractivity (Wildman–Crippen MR) is 105 cm³/mol. The molecule has 1 fully saturated rings. The van der Waals surface area contributed by atoms with E-state index in [2.05, 4.69) is 10.5 Å². The monoisotopic (exact) mass is 400 g/mol. The van der Waals surface area contributed by atoms with Gasteiger partial charge in [0.25, 0.3) is 5.91 Å². The van der Waals surface area contributed by atoms with E-state index in [-0.39, 0.29) is 23.1 Å². The summed E-state index contributed by atoms with van der Waals surface area (Å²) in [4.78, 5) is 12.8. The van der Waals surface area contributed by atoms with Crippen LogP contribution in [0.2, 0.25) is 0 Å². The summed E-state index contributed by atoms with van der Waals surface area (Å²) >= 11 is -1.32. The van der Waals surface area contributed by atoms with Gasteiger partial charge in [-0.15, -0.1) is 0 Å². The van der Waals surface area contributed by atoms with Crippen molar-refractivity contribution in [2.24, 2.45) is 0 Å². The van der Waals surface area contributed by atoms with E-state index in [1.54, 1.807) is 33.9 Å². The Balaban J connectivity index is 2.03. The summed E-state index contributed by atoms with van der Waals surface area (Å²) in [6, 6.07) is 1.60. The van der Waals surface area contributed by atoms with Gasteiger partial charge in [-0.05, 0) is 57.6 Å². The van der Waals surface area contributed by atoms with Gasteiger partial charge in [0.15, 0.2) is 4.75 Å². The first-order valence-corrected chi connectivity index (χ1v) is 10.6. The Morgan fingerprint density at radius 1 is 1.37 bits per heavy atom. The van der Waals surface area contributed by atoms with Gasteiger partial charge in [0.1, 0.15) is 5.25 Å². The fraction of sp³-hybridized carbons (Fsp3) is 0.789. The third kappa shape index (κ3) is 4.85. The maximum Gasteiger partial charge on any atom is 0.282 e. The molecule has 1 aromatic rings. The van der Waals surface area contributed by atoms with Crippen LogP contribution in [0.1, 0.15) is 66.0 Å². The van der Waals surface area contributed by atoms with Gasteiger partial charge in [0.2, 0.25) is 5.88 Å². The number of aliphatic hydroxyl groups excluding tert-OH is 1. The minimum Gasteiger partial charge on any atom is -0.615 e. The molecule has 0 aliphatic heterocycles. The molecule has 2 atom stereocenters. The molecular weight excluding hydrogens is 368 g/mol. The van der Waals surface area contributed by atoms with Gasteiger partial charge in [-0.3, -0.25) is 10.1 Å². The number of ether oxygens (including phenoxy) is 1. The highest BCUT2D eigenvalue weighted by atomic mass is 32.2. The number of nitrogens with zero attached hydrogens (tertiary/aromatic N) is 1. The number of anilines is 1. The van der Waals surface area contributed by atoms with Gasteiger partial charge in [-0.2, -0.15) is 0 Å². The minimum absolute atomic E-state index is 0.0170. The van der Waals surface area contributed by atoms with Gasteiger partial charge in [0, 0.05) is 18.6 Å². The molecule has 1 amide bonds. The summed E-state index contributed by atoms with van der Waals surface area (Å²) < 4.78 is 22.5. The Morgan fingerprint density at radius 3 is 2.48 bits per heavy atom. The molecule has 7 nitrogen and oxygen atoms in total. The van der Waals surface area contributed by atoms with Gasteiger partial charge in [0.05, 0.1) is 17.9 Å². The van der Waals surface area contributed by atoms with Crippen molar-refractivity contribution in [3.8, 4) is 0 Å². The van der Waals surface area contributed by atoms with E-state index < -0.39 is 27.4 Å². The largest absolute Gasteiger partial charge is 0.615 e. The molecule has 1 aliphatic rings. The average molecular weight is 401 g/mol. The summed E-state index contributed by atoms with van der Waals surface area (Å²) in [5.74, 6) is -0.177. The van der Waals surface area contributed by atoms with Crippen molar-refractivity contribution >= 4 is 23.0 Å². The summed E-state index contributed by atoms with van der Waals surface area (Å²) in [5.41, 5.74) is -0.0604. The molecule has 2 N–H and O–H groups in total. The van der Waals surface area contributed by atoms with Crippen molar-refractivity contribution < 1.29 is 23.7 Å². The Morgan fingerprint density at radius 2 is 1.96 bits per heavy atom. The average Bonchev–Trinajstić information content (AvgIpc) is 3.10. The van der Waals surface area contributed by atoms with Crippen LogP contribution in [0.5, 0.6) is 0 Å². The molecule has 1 aromatic heterocycles. The molecule has 1 aliphatic carbocycles. The van der Waals surface area contributed by atoms with Crippen LogP contribution in [0, 0.1) is 0 Å². The molecule has 0 aromatic carbocycles. The Kier molecular flexibility index (Phi) is 7.00. The number of hydrogen-bond acceptors (Lipinski definition) is 6. The molecule has 0 saturated heterocycles. The van der Waals surface area contributed by atoms with Crippen LogP contribution < -0.4 is 5.32 Å². The molecule has 1 saturated carbocycles. The Labute approximate surface area is 164 Å². The molecule has 0 bridgehead atoms. The fourth-order valence-electron chi connectivity index (χ4n) is 3.10. The van der Waals surface area contributed by atoms with Crippen LogP contribution in [-0.4, -0.2) is 50.0 Å². The van der Waals surface area contributed by atoms with Crippen molar-refractivity contribution in [2.45, 2.75) is 87.9 Å². The van der Waals surface area contributed by atoms with Crippen LogP contribution in [0.4, 0.5) is 5.88 Å². The van der Waals surface area contributed by atoms with Gasteiger partial charge in [-0.25, -0.2) is 0 Å². The molecular formula is C19H32N2O5S. The highest BCUT2D eigenvalue weighted by Gasteiger charge is 2.46. The van der Waals surface area contributed by atoms with Crippen LogP contribution in [-0.2, 0) is 26.1 Å². The fourth-order valence-corrected chi connectivity index (χ4v) is 4.87. The lowest BCUT2D eigenvalue weighted by Gasteiger charge is -2.35. The van der Waals surface area contributed by atoms with Crippen LogP contribution in [0.15, 0.2) is 10.6 Å². The number of aliphatic hydroxyl groups is 1. The van der Waals surface area contributed by atoms with E-state index in [1.165, 1.54) is 0 Å². The number of hydrogen-bond donors (Lipinski definition) is 2. The number of carbonyl (C=O) groups excluding carboxylic acids is 1. The zero-order chi connectivity index (χ0) is 20.4. The number of carbonyl (C=O) groups is 1. The maximum atomic E-state index is 13.0. The third-order valence-electron chi connectivity index (χ3n) is 5.76. The second-order valence-corrected chi connectivity index (χ2v) is 10.7. The molecule has 8 heteroatoms. The standard InChI is InChI=1S/C19H32N2O5S/c1-12(22)18(2,3)15-11-16(26-21-15)20-17(23)19(4,5)27(24)14-9-7-13(25-6)8-10-14/h11-14,22H,7-10H2,1-6H3,(H,20,23)/t12-,13-,14-,27+/m0/s1. The van der Waals surface area contributed by atoms with Crippen molar-refractivity contribution in [3.63, 3.8) is 0 Å². The first kappa shape index (κ1) is 22.2. The highest BCUT2D eigenvalue weighted by Crippen LogP contribution is 2.33. The van der Waals surface area contributed by atoms with Crippen molar-refractivity contribution in [2.75, 3.05) is 12.4 Å². The van der Waals surface area contributed by atoms with Crippen LogP contribution in [0.25, 0.3) is 0 Å². The lowest BCUT2D eigenvalue weighted by atomic mass is 9.84. The zero-order valence-electron chi connectivity index (χ0n) is 17.1. The minimum atomic E-state index is -1.32. The second kappa shape index (κ2) is 8.51. The normalized spacial score (nSPS) is 23.7.